The minimum atomic E-state index is -4.02. The monoisotopic (exact) mass is 515 g/mol. The predicted molar refractivity (Wildman–Crippen MR) is 144 cm³/mol. The molecule has 2 aromatic carbocycles. The summed E-state index contributed by atoms with van der Waals surface area (Å²) in [6, 6.07) is 9.75. The molecule has 36 heavy (non-hydrogen) atoms. The third kappa shape index (κ3) is 6.52. The van der Waals surface area contributed by atoms with Crippen LogP contribution in [0.2, 0.25) is 0 Å². The smallest absolute Gasteiger partial charge is 0.241 e. The normalized spacial score (nSPS) is 15.5. The first-order valence-corrected chi connectivity index (χ1v) is 13.7. The molecular weight excluding hydrogens is 478 g/mol. The maximum absolute atomic E-state index is 13.6. The van der Waals surface area contributed by atoms with E-state index in [0.29, 0.717) is 37.4 Å². The van der Waals surface area contributed by atoms with Gasteiger partial charge in [-0.3, -0.25) is 15.6 Å². The van der Waals surface area contributed by atoms with Gasteiger partial charge in [0.05, 0.1) is 4.90 Å². The molecule has 6 N–H and O–H groups in total. The molecule has 0 spiro atoms. The lowest BCUT2D eigenvalue weighted by Crippen LogP contribution is -2.50. The van der Waals surface area contributed by atoms with E-state index in [1.807, 2.05) is 37.2 Å². The van der Waals surface area contributed by atoms with Crippen molar-refractivity contribution in [2.24, 2.45) is 11.7 Å². The first kappa shape index (κ1) is 27.4. The number of hydrogen-bond donors (Lipinski definition) is 5. The van der Waals surface area contributed by atoms with Crippen molar-refractivity contribution in [1.29, 1.82) is 10.8 Å². The van der Waals surface area contributed by atoms with E-state index < -0.39 is 16.1 Å². The number of carbonyl (C=O) groups is 1. The molecule has 0 bridgehead atoms. The molecule has 1 aliphatic heterocycles. The molecule has 1 saturated heterocycles. The van der Waals surface area contributed by atoms with Crippen LogP contribution in [0, 0.1) is 16.7 Å². The van der Waals surface area contributed by atoms with E-state index in [9.17, 15) is 13.2 Å². The minimum Gasteiger partial charge on any atom is -0.381 e. The van der Waals surface area contributed by atoms with Gasteiger partial charge < -0.3 is 20.9 Å². The summed E-state index contributed by atoms with van der Waals surface area (Å²) in [5.41, 5.74) is 6.20. The number of fused-ring (bicyclic) bond motifs is 1. The molecule has 1 heterocycles. The van der Waals surface area contributed by atoms with E-state index in [1.165, 1.54) is 0 Å². The van der Waals surface area contributed by atoms with Gasteiger partial charge in [0.25, 0.3) is 0 Å². The standard InChI is InChI=1S/C25H37N7O3S/c1-17-12-15-32(16-13-17)25(33)20(9-6-14-29-24(28)23(26)27)30-36(34,35)22-11-5-7-18-19(22)8-4-10-21(18)31(2)3/h4-5,7-8,10-11,17,20,30H,6,9,12-16H2,1-3H3,(H3,26,27)(H2,28,29). The van der Waals surface area contributed by atoms with Crippen molar-refractivity contribution in [1.82, 2.24) is 14.9 Å². The van der Waals surface area contributed by atoms with E-state index in [2.05, 4.69) is 17.0 Å². The fourth-order valence-electron chi connectivity index (χ4n) is 4.44. The van der Waals surface area contributed by atoms with Gasteiger partial charge in [0, 0.05) is 50.2 Å². The van der Waals surface area contributed by atoms with Crippen molar-refractivity contribution in [3.63, 3.8) is 0 Å². The Morgan fingerprint density at radius 1 is 1.14 bits per heavy atom. The number of benzene rings is 2. The summed E-state index contributed by atoms with van der Waals surface area (Å²) in [6.45, 7) is 3.65. The van der Waals surface area contributed by atoms with Crippen LogP contribution in [0.25, 0.3) is 10.8 Å². The summed E-state index contributed by atoms with van der Waals surface area (Å²) in [6.07, 6.45) is 2.44. The van der Waals surface area contributed by atoms with Crippen LogP contribution in [0.3, 0.4) is 0 Å². The molecule has 10 nitrogen and oxygen atoms in total. The molecule has 196 valence electrons. The van der Waals surface area contributed by atoms with Crippen LogP contribution in [0.5, 0.6) is 0 Å². The van der Waals surface area contributed by atoms with Gasteiger partial charge in [0.2, 0.25) is 15.9 Å². The quantitative estimate of drug-likeness (QED) is 0.196. The fourth-order valence-corrected chi connectivity index (χ4v) is 5.88. The van der Waals surface area contributed by atoms with Crippen LogP contribution in [0.4, 0.5) is 5.69 Å². The number of amidine groups is 2. The highest BCUT2D eigenvalue weighted by Crippen LogP contribution is 2.30. The second-order valence-corrected chi connectivity index (χ2v) is 11.2. The molecule has 1 atom stereocenters. The number of nitrogens with zero attached hydrogens (tertiary/aromatic N) is 2. The highest BCUT2D eigenvalue weighted by atomic mass is 32.2. The largest absolute Gasteiger partial charge is 0.381 e. The lowest BCUT2D eigenvalue weighted by atomic mass is 9.98. The molecule has 0 radical (unpaired) electrons. The zero-order chi connectivity index (χ0) is 26.5. The van der Waals surface area contributed by atoms with Crippen LogP contribution in [0.15, 0.2) is 41.3 Å². The van der Waals surface area contributed by atoms with Gasteiger partial charge in [-0.15, -0.1) is 0 Å². The number of nitrogens with one attached hydrogen (secondary N) is 4. The Morgan fingerprint density at radius 2 is 1.78 bits per heavy atom. The van der Waals surface area contributed by atoms with Crippen molar-refractivity contribution in [2.45, 2.75) is 43.5 Å². The zero-order valence-electron chi connectivity index (χ0n) is 21.2. The van der Waals surface area contributed by atoms with Gasteiger partial charge in [0.15, 0.2) is 11.7 Å². The number of likely N-dealkylation sites (tertiary alicyclic amines) is 1. The number of piperidine rings is 1. The molecule has 11 heteroatoms. The average Bonchev–Trinajstić information content (AvgIpc) is 2.84. The van der Waals surface area contributed by atoms with Gasteiger partial charge in [0.1, 0.15) is 6.04 Å². The molecule has 1 unspecified atom stereocenters. The van der Waals surface area contributed by atoms with Crippen molar-refractivity contribution in [3.05, 3.63) is 36.4 Å². The predicted octanol–water partition coefficient (Wildman–Crippen LogP) is 2.09. The lowest BCUT2D eigenvalue weighted by Gasteiger charge is -2.33. The third-order valence-electron chi connectivity index (χ3n) is 6.56. The first-order valence-electron chi connectivity index (χ1n) is 12.2. The maximum Gasteiger partial charge on any atom is 0.241 e. The number of amides is 1. The summed E-state index contributed by atoms with van der Waals surface area (Å²) < 4.78 is 29.9. The molecule has 1 aliphatic rings. The van der Waals surface area contributed by atoms with Crippen LogP contribution in [-0.2, 0) is 14.8 Å². The Balaban J connectivity index is 1.86. The average molecular weight is 516 g/mol. The Hall–Kier alpha value is -3.18. The van der Waals surface area contributed by atoms with E-state index >= 15 is 0 Å². The number of sulfonamides is 1. The van der Waals surface area contributed by atoms with Crippen LogP contribution in [0.1, 0.15) is 32.6 Å². The lowest BCUT2D eigenvalue weighted by molar-refractivity contribution is -0.134. The zero-order valence-corrected chi connectivity index (χ0v) is 22.0. The molecule has 3 rings (SSSR count). The first-order chi connectivity index (χ1) is 17.0. The molecule has 1 amide bonds. The van der Waals surface area contributed by atoms with Crippen molar-refractivity contribution in [3.8, 4) is 0 Å². The van der Waals surface area contributed by atoms with Gasteiger partial charge in [-0.25, -0.2) is 8.42 Å². The highest BCUT2D eigenvalue weighted by Gasteiger charge is 2.31. The Morgan fingerprint density at radius 3 is 2.42 bits per heavy atom. The molecule has 0 aromatic heterocycles. The second kappa shape index (κ2) is 11.7. The molecular formula is C25H37N7O3S. The van der Waals surface area contributed by atoms with Crippen LogP contribution in [-0.4, -0.2) is 70.7 Å². The summed E-state index contributed by atoms with van der Waals surface area (Å²) in [7, 11) is -0.213. The van der Waals surface area contributed by atoms with E-state index in [4.69, 9.17) is 16.6 Å². The van der Waals surface area contributed by atoms with Gasteiger partial charge in [-0.05, 0) is 43.7 Å². The summed E-state index contributed by atoms with van der Waals surface area (Å²) in [4.78, 5) is 17.2. The van der Waals surface area contributed by atoms with E-state index in [1.54, 1.807) is 23.1 Å². The fraction of sp³-hybridized carbons (Fsp3) is 0.480. The van der Waals surface area contributed by atoms with Crippen LogP contribution >= 0.6 is 0 Å². The van der Waals surface area contributed by atoms with Gasteiger partial charge >= 0.3 is 0 Å². The number of nitrogens with two attached hydrogens (primary N) is 1. The molecule has 0 saturated carbocycles. The van der Waals surface area contributed by atoms with E-state index in [0.717, 1.165) is 23.9 Å². The van der Waals surface area contributed by atoms with Crippen molar-refractivity contribution >= 4 is 44.1 Å². The SMILES string of the molecule is CC1CCN(C(=O)C(CCCNC(=N)C(=N)N)NS(=O)(=O)c2cccc3c(N(C)C)cccc23)CC1. The van der Waals surface area contributed by atoms with Crippen molar-refractivity contribution < 1.29 is 13.2 Å². The van der Waals surface area contributed by atoms with Crippen LogP contribution < -0.4 is 20.7 Å². The van der Waals surface area contributed by atoms with E-state index in [-0.39, 0.29) is 28.9 Å². The van der Waals surface area contributed by atoms with Gasteiger partial charge in [-0.1, -0.05) is 31.2 Å². The summed E-state index contributed by atoms with van der Waals surface area (Å²) >= 11 is 0. The number of carbonyl (C=O) groups excluding carboxylic acids is 1. The minimum absolute atomic E-state index is 0.130. The topological polar surface area (TPSA) is 155 Å². The number of hydrogen-bond acceptors (Lipinski definition) is 6. The Bertz CT molecular complexity index is 1220. The number of anilines is 1. The summed E-state index contributed by atoms with van der Waals surface area (Å²) in [5, 5.41) is 19.0. The highest BCUT2D eigenvalue weighted by molar-refractivity contribution is 7.89. The Kier molecular flexibility index (Phi) is 8.91. The van der Waals surface area contributed by atoms with Gasteiger partial charge in [-0.2, -0.15) is 4.72 Å². The third-order valence-corrected chi connectivity index (χ3v) is 8.09. The molecule has 2 aromatic rings. The number of rotatable bonds is 9. The second-order valence-electron chi connectivity index (χ2n) is 9.56. The maximum atomic E-state index is 13.6. The Labute approximate surface area is 213 Å². The molecule has 0 aliphatic carbocycles. The van der Waals surface area contributed by atoms with Crippen molar-refractivity contribution in [2.75, 3.05) is 38.6 Å². The molecule has 1 fully saturated rings. The summed E-state index contributed by atoms with van der Waals surface area (Å²) in [5.74, 6) is -0.274.